The Morgan fingerprint density at radius 2 is 1.53 bits per heavy atom. The van der Waals surface area contributed by atoms with E-state index in [1.54, 1.807) is 66.7 Å². The summed E-state index contributed by atoms with van der Waals surface area (Å²) in [4.78, 5) is 35.1. The number of halogens is 1. The number of aromatic nitrogens is 2. The van der Waals surface area contributed by atoms with E-state index in [9.17, 15) is 20.0 Å². The van der Waals surface area contributed by atoms with Crippen molar-refractivity contribution in [2.45, 2.75) is 10.3 Å². The van der Waals surface area contributed by atoms with E-state index < -0.39 is 11.2 Å². The number of hydrogen-bond acceptors (Lipinski definition) is 6. The Balaban J connectivity index is 1.29. The number of carboxylic acids is 1. The van der Waals surface area contributed by atoms with Crippen LogP contribution in [0.15, 0.2) is 126 Å². The number of carboxylic acid groups (broad SMARTS) is 1. The highest BCUT2D eigenvalue weighted by Crippen LogP contribution is 2.39. The molecule has 2 aromatic heterocycles. The maximum Gasteiger partial charge on any atom is 0.336 e. The Kier molecular flexibility index (Phi) is 8.56. The van der Waals surface area contributed by atoms with E-state index in [1.807, 2.05) is 54.6 Å². The van der Waals surface area contributed by atoms with Gasteiger partial charge >= 0.3 is 5.97 Å². The van der Waals surface area contributed by atoms with Crippen LogP contribution < -0.4 is 5.32 Å². The lowest BCUT2D eigenvalue weighted by Crippen LogP contribution is -2.19. The van der Waals surface area contributed by atoms with E-state index in [2.05, 4.69) is 16.4 Å². The molecule has 45 heavy (non-hydrogen) atoms. The number of aromatic carboxylic acids is 1. The van der Waals surface area contributed by atoms with Crippen LogP contribution in [0.4, 0.5) is 5.69 Å². The maximum absolute atomic E-state index is 13.8. The minimum absolute atomic E-state index is 0.166. The van der Waals surface area contributed by atoms with Crippen LogP contribution in [0.3, 0.4) is 0 Å². The number of amides is 1. The largest absolute Gasteiger partial charge is 0.478 e. The summed E-state index contributed by atoms with van der Waals surface area (Å²) in [6.07, 6.45) is 0. The summed E-state index contributed by atoms with van der Waals surface area (Å²) in [7, 11) is 0. The Morgan fingerprint density at radius 1 is 0.822 bits per heavy atom. The van der Waals surface area contributed by atoms with Crippen molar-refractivity contribution in [3.63, 3.8) is 0 Å². The lowest BCUT2D eigenvalue weighted by molar-refractivity contribution is -0.115. The maximum atomic E-state index is 13.8. The van der Waals surface area contributed by atoms with Gasteiger partial charge < -0.3 is 10.4 Å². The van der Waals surface area contributed by atoms with Crippen LogP contribution in [-0.4, -0.2) is 27.0 Å². The van der Waals surface area contributed by atoms with Gasteiger partial charge in [0.05, 0.1) is 28.0 Å². The molecular formula is C36H23ClN4O3S. The van der Waals surface area contributed by atoms with Gasteiger partial charge in [-0.05, 0) is 48.0 Å². The molecule has 218 valence electrons. The minimum atomic E-state index is -1.03. The van der Waals surface area contributed by atoms with E-state index in [1.165, 1.54) is 11.8 Å². The molecule has 9 heteroatoms. The molecule has 0 aliphatic heterocycles. The zero-order chi connectivity index (χ0) is 31.3. The smallest absolute Gasteiger partial charge is 0.336 e. The van der Waals surface area contributed by atoms with Gasteiger partial charge in [0.2, 0.25) is 5.91 Å². The highest BCUT2D eigenvalue weighted by molar-refractivity contribution is 8.00. The van der Waals surface area contributed by atoms with Gasteiger partial charge in [0, 0.05) is 27.2 Å². The first-order valence-corrected chi connectivity index (χ1v) is 15.1. The van der Waals surface area contributed by atoms with Crippen molar-refractivity contribution in [3.8, 4) is 28.6 Å². The van der Waals surface area contributed by atoms with E-state index >= 15 is 0 Å². The van der Waals surface area contributed by atoms with E-state index in [0.717, 1.165) is 11.1 Å². The Morgan fingerprint density at radius 3 is 2.27 bits per heavy atom. The van der Waals surface area contributed by atoms with Gasteiger partial charge in [0.15, 0.2) is 0 Å². The molecule has 0 saturated carbocycles. The number of para-hydroxylation sites is 1. The van der Waals surface area contributed by atoms with Gasteiger partial charge in [-0.1, -0.05) is 102 Å². The van der Waals surface area contributed by atoms with Crippen LogP contribution in [-0.2, 0) is 4.79 Å². The first-order chi connectivity index (χ1) is 21.9. The van der Waals surface area contributed by atoms with Gasteiger partial charge in [-0.25, -0.2) is 14.8 Å². The number of benzene rings is 4. The Hall–Kier alpha value is -5.49. The number of rotatable bonds is 8. The zero-order valence-corrected chi connectivity index (χ0v) is 25.1. The van der Waals surface area contributed by atoms with Crippen LogP contribution in [0.5, 0.6) is 0 Å². The second-order valence-corrected chi connectivity index (χ2v) is 11.5. The second-order valence-electron chi connectivity index (χ2n) is 9.99. The van der Waals surface area contributed by atoms with Gasteiger partial charge in [-0.3, -0.25) is 4.79 Å². The molecule has 0 saturated heterocycles. The molecule has 0 aliphatic rings. The predicted octanol–water partition coefficient (Wildman–Crippen LogP) is 8.66. The number of carbonyl (C=O) groups excluding carboxylic acids is 1. The summed E-state index contributed by atoms with van der Waals surface area (Å²) in [5, 5.41) is 23.4. The normalized spacial score (nSPS) is 11.5. The summed E-state index contributed by atoms with van der Waals surface area (Å²) in [5.74, 6) is -1.33. The average Bonchev–Trinajstić information content (AvgIpc) is 3.07. The third kappa shape index (κ3) is 6.41. The van der Waals surface area contributed by atoms with Crippen molar-refractivity contribution >= 4 is 51.8 Å². The number of hydrogen-bond donors (Lipinski definition) is 2. The van der Waals surface area contributed by atoms with Crippen LogP contribution in [0.2, 0.25) is 5.02 Å². The van der Waals surface area contributed by atoms with Crippen molar-refractivity contribution in [1.29, 1.82) is 5.26 Å². The van der Waals surface area contributed by atoms with Crippen LogP contribution in [0.1, 0.15) is 26.7 Å². The van der Waals surface area contributed by atoms with Crippen molar-refractivity contribution in [1.82, 2.24) is 9.97 Å². The number of thioether (sulfide) groups is 1. The molecule has 0 bridgehead atoms. The molecule has 2 heterocycles. The zero-order valence-electron chi connectivity index (χ0n) is 23.5. The SMILES string of the molecule is N#Cc1ccc(-c2ccccc2Cl)nc1SC(C(=O)Nc1ccc(-c2cc(C(=O)O)c3ccccc3n2)cc1)c1ccccc1. The van der Waals surface area contributed by atoms with Crippen molar-refractivity contribution < 1.29 is 14.7 Å². The lowest BCUT2D eigenvalue weighted by atomic mass is 10.0. The molecule has 1 atom stereocenters. The highest BCUT2D eigenvalue weighted by atomic mass is 35.5. The number of nitriles is 1. The van der Waals surface area contributed by atoms with Crippen molar-refractivity contribution in [2.24, 2.45) is 0 Å². The van der Waals surface area contributed by atoms with Gasteiger partial charge in [-0.15, -0.1) is 0 Å². The fourth-order valence-corrected chi connectivity index (χ4v) is 6.19. The molecule has 2 N–H and O–H groups in total. The Labute approximate surface area is 268 Å². The molecule has 4 aromatic carbocycles. The fourth-order valence-electron chi connectivity index (χ4n) is 4.88. The highest BCUT2D eigenvalue weighted by Gasteiger charge is 2.25. The molecule has 6 aromatic rings. The number of nitrogens with one attached hydrogen (secondary N) is 1. The van der Waals surface area contributed by atoms with Crippen LogP contribution in [0, 0.1) is 11.3 Å². The monoisotopic (exact) mass is 626 g/mol. The van der Waals surface area contributed by atoms with Crippen LogP contribution in [0.25, 0.3) is 33.4 Å². The Bertz CT molecular complexity index is 2100. The van der Waals surface area contributed by atoms with Crippen molar-refractivity contribution in [3.05, 3.63) is 143 Å². The molecular weight excluding hydrogens is 604 g/mol. The molecule has 1 amide bonds. The van der Waals surface area contributed by atoms with Crippen molar-refractivity contribution in [2.75, 3.05) is 5.32 Å². The summed E-state index contributed by atoms with van der Waals surface area (Å²) in [6.45, 7) is 0. The summed E-state index contributed by atoms with van der Waals surface area (Å²) >= 11 is 7.60. The molecule has 6 rings (SSSR count). The molecule has 0 aliphatic carbocycles. The second kappa shape index (κ2) is 13.0. The van der Waals surface area contributed by atoms with Gasteiger partial charge in [0.25, 0.3) is 0 Å². The fraction of sp³-hybridized carbons (Fsp3) is 0.0278. The third-order valence-electron chi connectivity index (χ3n) is 7.10. The minimum Gasteiger partial charge on any atom is -0.478 e. The van der Waals surface area contributed by atoms with E-state index in [4.69, 9.17) is 16.6 Å². The molecule has 0 fully saturated rings. The molecule has 0 radical (unpaired) electrons. The summed E-state index contributed by atoms with van der Waals surface area (Å²) in [6, 6.07) is 37.9. The number of nitrogens with zero attached hydrogens (tertiary/aromatic N) is 3. The summed E-state index contributed by atoms with van der Waals surface area (Å²) in [5.41, 5.74) is 4.91. The quantitative estimate of drug-likeness (QED) is 0.162. The predicted molar refractivity (Wildman–Crippen MR) is 177 cm³/mol. The number of anilines is 1. The number of carbonyl (C=O) groups is 2. The first kappa shape index (κ1) is 29.6. The van der Waals surface area contributed by atoms with Gasteiger partial charge in [0.1, 0.15) is 16.3 Å². The van der Waals surface area contributed by atoms with E-state index in [-0.39, 0.29) is 11.5 Å². The topological polar surface area (TPSA) is 116 Å². The molecule has 0 spiro atoms. The lowest BCUT2D eigenvalue weighted by Gasteiger charge is -2.18. The van der Waals surface area contributed by atoms with Crippen LogP contribution >= 0.6 is 23.4 Å². The third-order valence-corrected chi connectivity index (χ3v) is 8.68. The van der Waals surface area contributed by atoms with E-state index in [0.29, 0.717) is 49.2 Å². The molecule has 7 nitrogen and oxygen atoms in total. The molecule has 1 unspecified atom stereocenters. The standard InChI is InChI=1S/C36H23ClN4O3S/c37-29-12-6-4-11-27(29)31-19-16-24(21-38)35(41-31)45-33(23-8-2-1-3-9-23)34(42)39-25-17-14-22(15-18-25)32-20-28(36(43)44)26-10-5-7-13-30(26)40-32/h1-20,33H,(H,39,42)(H,43,44). The average molecular weight is 627 g/mol. The first-order valence-electron chi connectivity index (χ1n) is 13.8. The number of fused-ring (bicyclic) bond motifs is 1. The summed E-state index contributed by atoms with van der Waals surface area (Å²) < 4.78 is 0. The van der Waals surface area contributed by atoms with Gasteiger partial charge in [-0.2, -0.15) is 5.26 Å². The number of pyridine rings is 2.